The van der Waals surface area contributed by atoms with Crippen LogP contribution in [0.4, 0.5) is 0 Å². The number of aliphatic hydroxyl groups is 4. The van der Waals surface area contributed by atoms with Crippen LogP contribution in [0, 0.1) is 0 Å². The summed E-state index contributed by atoms with van der Waals surface area (Å²) < 4.78 is -0.182. The zero-order valence-electron chi connectivity index (χ0n) is 9.91. The Hall–Kier alpha value is 0.540. The van der Waals surface area contributed by atoms with Gasteiger partial charge in [-0.2, -0.15) is 0 Å². The summed E-state index contributed by atoms with van der Waals surface area (Å²) in [5.41, 5.74) is 0. The van der Waals surface area contributed by atoms with Crippen LogP contribution in [0.15, 0.2) is 0 Å². The molecule has 16 heavy (non-hydrogen) atoms. The molecule has 0 aromatic rings. The molecule has 0 aliphatic carbocycles. The van der Waals surface area contributed by atoms with Crippen LogP contribution >= 0.6 is 23.5 Å². The number of rotatable bonds is 8. The molecular formula is C10H22O4S2. The highest BCUT2D eigenvalue weighted by molar-refractivity contribution is 8.17. The third kappa shape index (κ3) is 5.25. The lowest BCUT2D eigenvalue weighted by Gasteiger charge is -2.29. The van der Waals surface area contributed by atoms with E-state index in [2.05, 4.69) is 0 Å². The molecule has 6 heteroatoms. The molecule has 0 heterocycles. The van der Waals surface area contributed by atoms with E-state index in [-0.39, 0.29) is 4.58 Å². The van der Waals surface area contributed by atoms with Gasteiger partial charge >= 0.3 is 0 Å². The zero-order valence-corrected chi connectivity index (χ0v) is 11.5. The average molecular weight is 270 g/mol. The van der Waals surface area contributed by atoms with Crippen LogP contribution in [0.5, 0.6) is 0 Å². The molecule has 0 bridgehead atoms. The van der Waals surface area contributed by atoms with Crippen LogP contribution in [0.3, 0.4) is 0 Å². The second kappa shape index (κ2) is 8.60. The van der Waals surface area contributed by atoms with E-state index in [0.29, 0.717) is 0 Å². The number of aliphatic hydroxyl groups excluding tert-OH is 4. The van der Waals surface area contributed by atoms with Crippen molar-refractivity contribution in [3.8, 4) is 0 Å². The van der Waals surface area contributed by atoms with Crippen LogP contribution < -0.4 is 0 Å². The maximum atomic E-state index is 9.90. The molecule has 0 aromatic carbocycles. The lowest BCUT2D eigenvalue weighted by Crippen LogP contribution is -2.46. The van der Waals surface area contributed by atoms with Gasteiger partial charge in [-0.3, -0.25) is 0 Å². The Labute approximate surface area is 105 Å². The molecule has 0 spiro atoms. The van der Waals surface area contributed by atoms with Crippen molar-refractivity contribution in [1.82, 2.24) is 0 Å². The van der Waals surface area contributed by atoms with Crippen LogP contribution in [-0.2, 0) is 0 Å². The maximum absolute atomic E-state index is 9.90. The Bertz CT molecular complexity index is 172. The van der Waals surface area contributed by atoms with Crippen LogP contribution in [0.25, 0.3) is 0 Å². The fourth-order valence-electron chi connectivity index (χ4n) is 1.22. The number of thioether (sulfide) groups is 2. The summed E-state index contributed by atoms with van der Waals surface area (Å²) >= 11 is 3.05. The molecule has 0 aliphatic heterocycles. The lowest BCUT2D eigenvalue weighted by molar-refractivity contribution is -0.0952. The van der Waals surface area contributed by atoms with E-state index in [4.69, 9.17) is 5.11 Å². The van der Waals surface area contributed by atoms with Crippen LogP contribution in [0.1, 0.15) is 20.8 Å². The van der Waals surface area contributed by atoms with Gasteiger partial charge < -0.3 is 20.4 Å². The number of hydrogen-bond donors (Lipinski definition) is 4. The Balaban J connectivity index is 4.40. The van der Waals surface area contributed by atoms with Gasteiger partial charge in [0.15, 0.2) is 0 Å². The van der Waals surface area contributed by atoms with E-state index < -0.39 is 24.4 Å². The highest BCUT2D eigenvalue weighted by Gasteiger charge is 2.33. The number of hydrogen-bond acceptors (Lipinski definition) is 6. The molecule has 4 nitrogen and oxygen atoms in total. The summed E-state index contributed by atoms with van der Waals surface area (Å²) in [5, 5.41) is 38.2. The Morgan fingerprint density at radius 3 is 1.56 bits per heavy atom. The predicted octanol–water partition coefficient (Wildman–Crippen LogP) is 0.282. The SMILES string of the molecule is CCSC(SCC)[C@H](O)[C@@H](O)[C@H](O)[C@@H](C)O. The topological polar surface area (TPSA) is 80.9 Å². The lowest BCUT2D eigenvalue weighted by atomic mass is 10.1. The fourth-order valence-corrected chi connectivity index (χ4v) is 3.80. The van der Waals surface area contributed by atoms with Crippen molar-refractivity contribution in [2.45, 2.75) is 49.8 Å². The second-order valence-corrected chi connectivity index (χ2v) is 6.63. The van der Waals surface area contributed by atoms with Gasteiger partial charge in [0.05, 0.1) is 10.7 Å². The smallest absolute Gasteiger partial charge is 0.110 e. The van der Waals surface area contributed by atoms with Crippen molar-refractivity contribution in [1.29, 1.82) is 0 Å². The van der Waals surface area contributed by atoms with Gasteiger partial charge in [-0.1, -0.05) is 13.8 Å². The third-order valence-corrected chi connectivity index (χ3v) is 4.83. The highest BCUT2D eigenvalue weighted by Crippen LogP contribution is 2.29. The average Bonchev–Trinajstić information content (AvgIpc) is 2.25. The predicted molar refractivity (Wildman–Crippen MR) is 69.8 cm³/mol. The first-order chi connectivity index (χ1) is 7.45. The molecule has 4 N–H and O–H groups in total. The molecule has 0 aliphatic rings. The molecule has 0 radical (unpaired) electrons. The van der Waals surface area contributed by atoms with Crippen molar-refractivity contribution in [2.24, 2.45) is 0 Å². The van der Waals surface area contributed by atoms with E-state index in [1.165, 1.54) is 30.4 Å². The molecule has 0 rings (SSSR count). The van der Waals surface area contributed by atoms with Gasteiger partial charge in [-0.05, 0) is 18.4 Å². The Morgan fingerprint density at radius 1 is 0.812 bits per heavy atom. The summed E-state index contributed by atoms with van der Waals surface area (Å²) in [7, 11) is 0. The molecule has 4 atom stereocenters. The van der Waals surface area contributed by atoms with Crippen molar-refractivity contribution in [3.05, 3.63) is 0 Å². The monoisotopic (exact) mass is 270 g/mol. The van der Waals surface area contributed by atoms with Crippen molar-refractivity contribution in [2.75, 3.05) is 11.5 Å². The summed E-state index contributed by atoms with van der Waals surface area (Å²) in [6, 6.07) is 0. The minimum Gasteiger partial charge on any atom is -0.391 e. The molecule has 0 saturated carbocycles. The fraction of sp³-hybridized carbons (Fsp3) is 1.00. The van der Waals surface area contributed by atoms with E-state index >= 15 is 0 Å². The first-order valence-electron chi connectivity index (χ1n) is 5.41. The molecule has 0 aromatic heterocycles. The van der Waals surface area contributed by atoms with Crippen LogP contribution in [-0.4, -0.2) is 60.9 Å². The first kappa shape index (κ1) is 16.5. The molecule has 0 unspecified atom stereocenters. The van der Waals surface area contributed by atoms with E-state index in [9.17, 15) is 15.3 Å². The minimum absolute atomic E-state index is 0.182. The summed E-state index contributed by atoms with van der Waals surface area (Å²) in [5.74, 6) is 1.65. The minimum atomic E-state index is -1.32. The molecular weight excluding hydrogens is 248 g/mol. The molecule has 0 saturated heterocycles. The zero-order chi connectivity index (χ0) is 12.7. The summed E-state index contributed by atoms with van der Waals surface area (Å²) in [6.45, 7) is 5.33. The van der Waals surface area contributed by atoms with Gasteiger partial charge in [-0.15, -0.1) is 23.5 Å². The summed E-state index contributed by atoms with van der Waals surface area (Å²) in [4.78, 5) is 0. The normalized spacial score (nSPS) is 19.5. The molecule has 98 valence electrons. The van der Waals surface area contributed by atoms with Gasteiger partial charge in [0.2, 0.25) is 0 Å². The van der Waals surface area contributed by atoms with E-state index in [0.717, 1.165) is 11.5 Å². The molecule has 0 fully saturated rings. The largest absolute Gasteiger partial charge is 0.391 e. The van der Waals surface area contributed by atoms with Gasteiger partial charge in [0.1, 0.15) is 18.3 Å². The third-order valence-electron chi connectivity index (χ3n) is 2.13. The van der Waals surface area contributed by atoms with Gasteiger partial charge in [0.25, 0.3) is 0 Å². The summed E-state index contributed by atoms with van der Waals surface area (Å²) in [6.07, 6.45) is -4.72. The van der Waals surface area contributed by atoms with Crippen molar-refractivity contribution < 1.29 is 20.4 Å². The Kier molecular flexibility index (Phi) is 8.90. The molecule has 0 amide bonds. The van der Waals surface area contributed by atoms with E-state index in [1.54, 1.807) is 0 Å². The van der Waals surface area contributed by atoms with Gasteiger partial charge in [-0.25, -0.2) is 0 Å². The maximum Gasteiger partial charge on any atom is 0.110 e. The quantitative estimate of drug-likeness (QED) is 0.475. The van der Waals surface area contributed by atoms with Gasteiger partial charge in [0, 0.05) is 0 Å². The Morgan fingerprint density at radius 2 is 1.25 bits per heavy atom. The first-order valence-corrected chi connectivity index (χ1v) is 7.50. The standard InChI is InChI=1S/C10H22O4S2/c1-4-15-10(16-5-2)9(14)8(13)7(12)6(3)11/h6-14H,4-5H2,1-3H3/t6-,7-,8+,9-/m1/s1. The van der Waals surface area contributed by atoms with E-state index in [1.807, 2.05) is 13.8 Å². The van der Waals surface area contributed by atoms with Crippen molar-refractivity contribution in [3.63, 3.8) is 0 Å². The highest BCUT2D eigenvalue weighted by atomic mass is 32.2. The van der Waals surface area contributed by atoms with Crippen LogP contribution in [0.2, 0.25) is 0 Å². The van der Waals surface area contributed by atoms with Crippen molar-refractivity contribution >= 4 is 23.5 Å². The second-order valence-electron chi connectivity index (χ2n) is 3.49.